The van der Waals surface area contributed by atoms with Gasteiger partial charge in [0, 0.05) is 12.2 Å². The van der Waals surface area contributed by atoms with Crippen molar-refractivity contribution in [2.45, 2.75) is 45.5 Å². The predicted molar refractivity (Wildman–Crippen MR) is 123 cm³/mol. The van der Waals surface area contributed by atoms with Crippen LogP contribution in [0.5, 0.6) is 11.5 Å². The van der Waals surface area contributed by atoms with Gasteiger partial charge in [0.2, 0.25) is 5.91 Å². The van der Waals surface area contributed by atoms with Crippen LogP contribution in [0, 0.1) is 13.8 Å². The van der Waals surface area contributed by atoms with Gasteiger partial charge in [-0.15, -0.1) is 10.2 Å². The monoisotopic (exact) mass is 440 g/mol. The molecule has 0 aliphatic rings. The molecule has 7 nitrogen and oxygen atoms in total. The number of benzene rings is 2. The molecule has 1 heterocycles. The summed E-state index contributed by atoms with van der Waals surface area (Å²) in [7, 11) is 1.63. The molecule has 3 rings (SSSR count). The minimum absolute atomic E-state index is 0.0755. The summed E-state index contributed by atoms with van der Waals surface area (Å²) in [4.78, 5) is 12.5. The summed E-state index contributed by atoms with van der Waals surface area (Å²) in [5, 5.41) is 12.3. The Morgan fingerprint density at radius 2 is 1.84 bits per heavy atom. The van der Waals surface area contributed by atoms with Crippen molar-refractivity contribution in [3.05, 3.63) is 59.4 Å². The first-order chi connectivity index (χ1) is 14.9. The summed E-state index contributed by atoms with van der Waals surface area (Å²) in [6.45, 7) is 8.66. The molecule has 2 aromatic carbocycles. The maximum Gasteiger partial charge on any atom is 0.234 e. The molecule has 31 heavy (non-hydrogen) atoms. The fourth-order valence-corrected chi connectivity index (χ4v) is 3.93. The summed E-state index contributed by atoms with van der Waals surface area (Å²) in [6, 6.07) is 13.3. The fourth-order valence-electron chi connectivity index (χ4n) is 3.12. The van der Waals surface area contributed by atoms with Crippen LogP contribution < -0.4 is 14.8 Å². The number of aromatic nitrogens is 3. The fraction of sp³-hybridized carbons (Fsp3) is 0.348. The Morgan fingerprint density at radius 3 is 2.52 bits per heavy atom. The minimum Gasteiger partial charge on any atom is -0.497 e. The number of methoxy groups -OCH3 is 1. The lowest BCUT2D eigenvalue weighted by Gasteiger charge is -2.16. The number of rotatable bonds is 9. The summed E-state index contributed by atoms with van der Waals surface area (Å²) in [6.07, 6.45) is -0.293. The van der Waals surface area contributed by atoms with Crippen LogP contribution in [0.4, 0.5) is 5.69 Å². The summed E-state index contributed by atoms with van der Waals surface area (Å²) in [5.74, 6) is 2.39. The minimum atomic E-state index is -0.293. The molecule has 0 aliphatic heterocycles. The van der Waals surface area contributed by atoms with Crippen LogP contribution in [0.2, 0.25) is 0 Å². The first-order valence-electron chi connectivity index (χ1n) is 10.2. The Morgan fingerprint density at radius 1 is 1.13 bits per heavy atom. The highest BCUT2D eigenvalue weighted by Crippen LogP contribution is 2.26. The molecule has 0 radical (unpaired) electrons. The van der Waals surface area contributed by atoms with Crippen LogP contribution >= 0.6 is 11.8 Å². The maximum absolute atomic E-state index is 12.5. The zero-order valence-electron chi connectivity index (χ0n) is 18.5. The molecule has 1 aromatic heterocycles. The Labute approximate surface area is 187 Å². The highest BCUT2D eigenvalue weighted by atomic mass is 32.2. The van der Waals surface area contributed by atoms with Crippen molar-refractivity contribution in [2.75, 3.05) is 18.2 Å². The Balaban J connectivity index is 1.63. The zero-order chi connectivity index (χ0) is 22.4. The van der Waals surface area contributed by atoms with Crippen molar-refractivity contribution in [1.29, 1.82) is 0 Å². The van der Waals surface area contributed by atoms with E-state index in [0.29, 0.717) is 11.7 Å². The second-order valence-electron chi connectivity index (χ2n) is 7.10. The molecular weight excluding hydrogens is 412 g/mol. The lowest BCUT2D eigenvalue weighted by atomic mass is 10.1. The van der Waals surface area contributed by atoms with Gasteiger partial charge in [0.15, 0.2) is 17.1 Å². The molecule has 164 valence electrons. The molecule has 1 unspecified atom stereocenters. The van der Waals surface area contributed by atoms with Gasteiger partial charge in [-0.2, -0.15) is 0 Å². The molecule has 0 spiro atoms. The van der Waals surface area contributed by atoms with E-state index in [9.17, 15) is 4.79 Å². The lowest BCUT2D eigenvalue weighted by Crippen LogP contribution is -2.16. The molecule has 0 fully saturated rings. The third kappa shape index (κ3) is 5.58. The molecule has 1 N–H and O–H groups in total. The standard InChI is InChI=1S/C23H28N4O3S/c1-6-27-22(17(4)30-19-12-10-18(29-5)11-13-19)25-26-23(27)31-14-21(28)24-20-9-7-8-15(2)16(20)3/h7-13,17H,6,14H2,1-5H3,(H,24,28). The van der Waals surface area contributed by atoms with Gasteiger partial charge in [0.25, 0.3) is 0 Å². The van der Waals surface area contributed by atoms with Crippen molar-refractivity contribution in [1.82, 2.24) is 14.8 Å². The molecular formula is C23H28N4O3S. The highest BCUT2D eigenvalue weighted by molar-refractivity contribution is 7.99. The van der Waals surface area contributed by atoms with Crippen LogP contribution in [0.25, 0.3) is 0 Å². The lowest BCUT2D eigenvalue weighted by molar-refractivity contribution is -0.113. The summed E-state index contributed by atoms with van der Waals surface area (Å²) >= 11 is 1.36. The molecule has 1 atom stereocenters. The number of carbonyl (C=O) groups excluding carboxylic acids is 1. The van der Waals surface area contributed by atoms with Crippen molar-refractivity contribution in [2.24, 2.45) is 0 Å². The number of anilines is 1. The van der Waals surface area contributed by atoms with E-state index in [1.807, 2.05) is 74.7 Å². The van der Waals surface area contributed by atoms with E-state index in [0.717, 1.165) is 34.1 Å². The van der Waals surface area contributed by atoms with E-state index in [1.54, 1.807) is 7.11 Å². The molecule has 3 aromatic rings. The number of aryl methyl sites for hydroxylation is 1. The normalized spacial score (nSPS) is 11.8. The van der Waals surface area contributed by atoms with Gasteiger partial charge >= 0.3 is 0 Å². The van der Waals surface area contributed by atoms with Gasteiger partial charge in [0.1, 0.15) is 11.5 Å². The van der Waals surface area contributed by atoms with E-state index in [4.69, 9.17) is 9.47 Å². The van der Waals surface area contributed by atoms with E-state index < -0.39 is 0 Å². The van der Waals surface area contributed by atoms with Gasteiger partial charge in [-0.3, -0.25) is 4.79 Å². The molecule has 8 heteroatoms. The van der Waals surface area contributed by atoms with Crippen LogP contribution in [0.3, 0.4) is 0 Å². The zero-order valence-corrected chi connectivity index (χ0v) is 19.3. The number of hydrogen-bond acceptors (Lipinski definition) is 6. The van der Waals surface area contributed by atoms with Crippen LogP contribution in [-0.4, -0.2) is 33.5 Å². The Bertz CT molecular complexity index is 1030. The average molecular weight is 441 g/mol. The number of hydrogen-bond donors (Lipinski definition) is 1. The van der Waals surface area contributed by atoms with Gasteiger partial charge in [-0.25, -0.2) is 0 Å². The number of carbonyl (C=O) groups is 1. The quantitative estimate of drug-likeness (QED) is 0.482. The molecule has 0 bridgehead atoms. The van der Waals surface area contributed by atoms with Crippen LogP contribution in [0.15, 0.2) is 47.6 Å². The van der Waals surface area contributed by atoms with Crippen molar-refractivity contribution < 1.29 is 14.3 Å². The average Bonchev–Trinajstić information content (AvgIpc) is 3.19. The number of amides is 1. The van der Waals surface area contributed by atoms with Gasteiger partial charge < -0.3 is 19.4 Å². The second kappa shape index (κ2) is 10.3. The second-order valence-corrected chi connectivity index (χ2v) is 8.05. The number of thioether (sulfide) groups is 1. The summed E-state index contributed by atoms with van der Waals surface area (Å²) in [5.41, 5.74) is 3.06. The first-order valence-corrected chi connectivity index (χ1v) is 11.1. The smallest absolute Gasteiger partial charge is 0.234 e. The van der Waals surface area contributed by atoms with Gasteiger partial charge in [-0.1, -0.05) is 23.9 Å². The predicted octanol–water partition coefficient (Wildman–Crippen LogP) is 4.79. The van der Waals surface area contributed by atoms with E-state index in [1.165, 1.54) is 11.8 Å². The SMILES string of the molecule is CCn1c(SCC(=O)Nc2cccc(C)c2C)nnc1C(C)Oc1ccc(OC)cc1. The van der Waals surface area contributed by atoms with Gasteiger partial charge in [-0.05, 0) is 69.2 Å². The van der Waals surface area contributed by atoms with Crippen molar-refractivity contribution in [3.8, 4) is 11.5 Å². The van der Waals surface area contributed by atoms with Crippen molar-refractivity contribution >= 4 is 23.4 Å². The Hall–Kier alpha value is -3.00. The Kier molecular flexibility index (Phi) is 7.57. The van der Waals surface area contributed by atoms with Crippen molar-refractivity contribution in [3.63, 3.8) is 0 Å². The van der Waals surface area contributed by atoms with E-state index >= 15 is 0 Å². The third-order valence-corrected chi connectivity index (χ3v) is 5.98. The maximum atomic E-state index is 12.5. The molecule has 1 amide bonds. The summed E-state index contributed by atoms with van der Waals surface area (Å²) < 4.78 is 13.2. The number of ether oxygens (including phenoxy) is 2. The largest absolute Gasteiger partial charge is 0.497 e. The molecule has 0 saturated carbocycles. The number of nitrogens with zero attached hydrogens (tertiary/aromatic N) is 3. The molecule has 0 aliphatic carbocycles. The highest BCUT2D eigenvalue weighted by Gasteiger charge is 2.19. The first kappa shape index (κ1) is 22.7. The third-order valence-electron chi connectivity index (χ3n) is 5.01. The number of nitrogens with one attached hydrogen (secondary N) is 1. The van der Waals surface area contributed by atoms with Gasteiger partial charge in [0.05, 0.1) is 12.9 Å². The van der Waals surface area contributed by atoms with E-state index in [2.05, 4.69) is 15.5 Å². The van der Waals surface area contributed by atoms with E-state index in [-0.39, 0.29) is 17.8 Å². The van der Waals surface area contributed by atoms with Crippen LogP contribution in [0.1, 0.15) is 36.9 Å². The topological polar surface area (TPSA) is 78.3 Å². The van der Waals surface area contributed by atoms with Crippen LogP contribution in [-0.2, 0) is 11.3 Å². The molecule has 0 saturated heterocycles.